The lowest BCUT2D eigenvalue weighted by Crippen LogP contribution is -2.26. The molecule has 0 aliphatic carbocycles. The van der Waals surface area contributed by atoms with Gasteiger partial charge in [0.25, 0.3) is 0 Å². The van der Waals surface area contributed by atoms with Crippen LogP contribution >= 0.6 is 15.9 Å². The van der Waals surface area contributed by atoms with Crippen molar-refractivity contribution in [2.24, 2.45) is 5.92 Å². The van der Waals surface area contributed by atoms with Gasteiger partial charge in [0, 0.05) is 6.20 Å². The smallest absolute Gasteiger partial charge is 0.229 e. The van der Waals surface area contributed by atoms with E-state index in [1.54, 1.807) is 11.5 Å². The van der Waals surface area contributed by atoms with Crippen molar-refractivity contribution in [2.45, 2.75) is 13.5 Å². The summed E-state index contributed by atoms with van der Waals surface area (Å²) in [6.45, 7) is 1.46. The molecule has 2 rings (SSSR count). The van der Waals surface area contributed by atoms with Crippen LogP contribution in [0.25, 0.3) is 0 Å². The molecular formula is C13H9BrF5N3O. The molecule has 1 heterocycles. The van der Waals surface area contributed by atoms with Crippen LogP contribution in [-0.2, 0) is 11.3 Å². The minimum atomic E-state index is -2.28. The number of anilines is 1. The molecule has 10 heteroatoms. The van der Waals surface area contributed by atoms with E-state index in [0.717, 1.165) is 0 Å². The van der Waals surface area contributed by atoms with Crippen LogP contribution in [0.1, 0.15) is 6.92 Å². The van der Waals surface area contributed by atoms with E-state index in [9.17, 15) is 26.7 Å². The van der Waals surface area contributed by atoms with Crippen molar-refractivity contribution in [3.05, 3.63) is 46.0 Å². The highest BCUT2D eigenvalue weighted by atomic mass is 79.9. The molecule has 0 saturated heterocycles. The van der Waals surface area contributed by atoms with Gasteiger partial charge in [-0.05, 0) is 15.9 Å². The Bertz CT molecular complexity index is 735. The molecule has 124 valence electrons. The number of carbonyl (C=O) groups excluding carboxylic acids is 1. The molecule has 1 amide bonds. The lowest BCUT2D eigenvalue weighted by Gasteiger charge is -2.14. The third kappa shape index (κ3) is 3.52. The molecule has 23 heavy (non-hydrogen) atoms. The quantitative estimate of drug-likeness (QED) is 0.486. The monoisotopic (exact) mass is 397 g/mol. The fourth-order valence-corrected chi connectivity index (χ4v) is 2.09. The molecule has 2 aromatic rings. The van der Waals surface area contributed by atoms with Crippen LogP contribution in [0.15, 0.2) is 16.9 Å². The predicted octanol–water partition coefficient (Wildman–Crippen LogP) is 3.62. The summed E-state index contributed by atoms with van der Waals surface area (Å²) in [6.07, 6.45) is 3.02. The Labute approximate surface area is 135 Å². The molecule has 0 aliphatic heterocycles. The summed E-state index contributed by atoms with van der Waals surface area (Å²) in [5.41, 5.74) is -1.38. The Balaban J connectivity index is 2.20. The average molecular weight is 398 g/mol. The molecule has 1 N–H and O–H groups in total. The van der Waals surface area contributed by atoms with Gasteiger partial charge in [-0.1, -0.05) is 6.92 Å². The van der Waals surface area contributed by atoms with E-state index in [0.29, 0.717) is 4.47 Å². The maximum Gasteiger partial charge on any atom is 0.229 e. The van der Waals surface area contributed by atoms with Crippen LogP contribution in [0, 0.1) is 35.0 Å². The first-order valence-corrected chi connectivity index (χ1v) is 7.02. The van der Waals surface area contributed by atoms with Gasteiger partial charge in [-0.15, -0.1) is 0 Å². The average Bonchev–Trinajstić information content (AvgIpc) is 2.92. The SMILES string of the molecule is CC(Cn1cc(Br)cn1)C(=O)Nc1c(F)c(F)c(F)c(F)c1F. The minimum absolute atomic E-state index is 0.0484. The zero-order valence-electron chi connectivity index (χ0n) is 11.5. The highest BCUT2D eigenvalue weighted by molar-refractivity contribution is 9.10. The number of rotatable bonds is 4. The number of aromatic nitrogens is 2. The topological polar surface area (TPSA) is 46.9 Å². The van der Waals surface area contributed by atoms with Crippen LogP contribution in [0.2, 0.25) is 0 Å². The molecule has 4 nitrogen and oxygen atoms in total. The Kier molecular flexibility index (Phi) is 5.03. The summed E-state index contributed by atoms with van der Waals surface area (Å²) in [4.78, 5) is 11.9. The van der Waals surface area contributed by atoms with Crippen molar-refractivity contribution in [1.29, 1.82) is 0 Å². The minimum Gasteiger partial charge on any atom is -0.321 e. The van der Waals surface area contributed by atoms with Crippen LogP contribution in [0.5, 0.6) is 0 Å². The van der Waals surface area contributed by atoms with Crippen molar-refractivity contribution in [3.63, 3.8) is 0 Å². The van der Waals surface area contributed by atoms with Crippen LogP contribution < -0.4 is 5.32 Å². The highest BCUT2D eigenvalue weighted by Crippen LogP contribution is 2.27. The first-order chi connectivity index (χ1) is 10.7. The molecule has 1 aromatic carbocycles. The van der Waals surface area contributed by atoms with Crippen LogP contribution in [0.4, 0.5) is 27.6 Å². The second-order valence-electron chi connectivity index (χ2n) is 4.72. The molecule has 0 bridgehead atoms. The van der Waals surface area contributed by atoms with Gasteiger partial charge in [0.05, 0.1) is 23.1 Å². The van der Waals surface area contributed by atoms with E-state index < -0.39 is 46.6 Å². The van der Waals surface area contributed by atoms with Gasteiger partial charge in [0.15, 0.2) is 23.3 Å². The Morgan fingerprint density at radius 1 is 1.17 bits per heavy atom. The third-order valence-corrected chi connectivity index (χ3v) is 3.38. The van der Waals surface area contributed by atoms with E-state index in [1.807, 2.05) is 0 Å². The standard InChI is InChI=1S/C13H9BrF5N3O/c1-5(3-22-4-6(14)2-20-22)13(23)21-12-10(18)8(16)7(15)9(17)11(12)19/h2,4-5H,3H2,1H3,(H,21,23). The second kappa shape index (κ2) is 6.65. The third-order valence-electron chi connectivity index (χ3n) is 2.97. The molecule has 1 atom stereocenters. The molecular weight excluding hydrogens is 389 g/mol. The second-order valence-corrected chi connectivity index (χ2v) is 5.63. The zero-order valence-corrected chi connectivity index (χ0v) is 13.1. The number of benzene rings is 1. The Morgan fingerprint density at radius 3 is 2.17 bits per heavy atom. The summed E-state index contributed by atoms with van der Waals surface area (Å²) in [6, 6.07) is 0. The number of hydrogen-bond donors (Lipinski definition) is 1. The van der Waals surface area contributed by atoms with Gasteiger partial charge >= 0.3 is 0 Å². The largest absolute Gasteiger partial charge is 0.321 e. The first-order valence-electron chi connectivity index (χ1n) is 6.22. The molecule has 0 spiro atoms. The van der Waals surface area contributed by atoms with Crippen molar-refractivity contribution < 1.29 is 26.7 Å². The maximum atomic E-state index is 13.5. The van der Waals surface area contributed by atoms with Crippen molar-refractivity contribution in [1.82, 2.24) is 9.78 Å². The lowest BCUT2D eigenvalue weighted by molar-refractivity contribution is -0.119. The van der Waals surface area contributed by atoms with Crippen LogP contribution in [-0.4, -0.2) is 15.7 Å². The summed E-state index contributed by atoms with van der Waals surface area (Å²) < 4.78 is 68.1. The Hall–Kier alpha value is -1.97. The number of carbonyl (C=O) groups is 1. The van der Waals surface area contributed by atoms with E-state index in [2.05, 4.69) is 21.0 Å². The fraction of sp³-hybridized carbons (Fsp3) is 0.231. The Morgan fingerprint density at radius 2 is 1.70 bits per heavy atom. The number of nitrogens with one attached hydrogen (secondary N) is 1. The fourth-order valence-electron chi connectivity index (χ4n) is 1.76. The van der Waals surface area contributed by atoms with Gasteiger partial charge in [0.2, 0.25) is 11.7 Å². The van der Waals surface area contributed by atoms with Gasteiger partial charge in [-0.2, -0.15) is 5.10 Å². The van der Waals surface area contributed by atoms with E-state index in [-0.39, 0.29) is 6.54 Å². The summed E-state index contributed by atoms with van der Waals surface area (Å²) >= 11 is 3.15. The van der Waals surface area contributed by atoms with Crippen molar-refractivity contribution >= 4 is 27.5 Å². The number of amides is 1. The molecule has 1 unspecified atom stereocenters. The lowest BCUT2D eigenvalue weighted by atomic mass is 10.1. The number of nitrogens with zero attached hydrogens (tertiary/aromatic N) is 2. The van der Waals surface area contributed by atoms with E-state index in [4.69, 9.17) is 0 Å². The molecule has 0 saturated carbocycles. The van der Waals surface area contributed by atoms with Gasteiger partial charge in [0.1, 0.15) is 5.69 Å². The summed E-state index contributed by atoms with van der Waals surface area (Å²) in [5, 5.41) is 5.62. The van der Waals surface area contributed by atoms with Gasteiger partial charge < -0.3 is 5.32 Å². The first kappa shape index (κ1) is 17.4. The normalized spacial score (nSPS) is 12.3. The molecule has 1 aromatic heterocycles. The van der Waals surface area contributed by atoms with E-state index >= 15 is 0 Å². The predicted molar refractivity (Wildman–Crippen MR) is 74.0 cm³/mol. The molecule has 0 fully saturated rings. The number of halogens is 6. The summed E-state index contributed by atoms with van der Waals surface area (Å²) in [7, 11) is 0. The van der Waals surface area contributed by atoms with Crippen molar-refractivity contribution in [2.75, 3.05) is 5.32 Å². The van der Waals surface area contributed by atoms with E-state index in [1.165, 1.54) is 17.8 Å². The number of hydrogen-bond acceptors (Lipinski definition) is 2. The van der Waals surface area contributed by atoms with Gasteiger partial charge in [-0.3, -0.25) is 9.48 Å². The van der Waals surface area contributed by atoms with Crippen molar-refractivity contribution in [3.8, 4) is 0 Å². The highest BCUT2D eigenvalue weighted by Gasteiger charge is 2.27. The summed E-state index contributed by atoms with van der Waals surface area (Å²) in [5.74, 6) is -12.5. The maximum absolute atomic E-state index is 13.5. The van der Waals surface area contributed by atoms with Gasteiger partial charge in [-0.25, -0.2) is 22.0 Å². The van der Waals surface area contributed by atoms with Crippen LogP contribution in [0.3, 0.4) is 0 Å². The zero-order chi connectivity index (χ0) is 17.3. The molecule has 0 aliphatic rings. The molecule has 0 radical (unpaired) electrons.